The number of rotatable bonds is 6. The van der Waals surface area contributed by atoms with Gasteiger partial charge in [-0.15, -0.1) is 16.2 Å². The maximum atomic E-state index is 11.5. The Morgan fingerprint density at radius 1 is 1.09 bits per heavy atom. The fourth-order valence-electron chi connectivity index (χ4n) is 2.77. The lowest BCUT2D eigenvalue weighted by atomic mass is 9.98. The highest BCUT2D eigenvalue weighted by atomic mass is 32.1. The van der Waals surface area contributed by atoms with Crippen molar-refractivity contribution < 1.29 is 0 Å². The number of aryl methyl sites for hydroxylation is 1. The lowest BCUT2D eigenvalue weighted by Gasteiger charge is -2.09. The van der Waals surface area contributed by atoms with Crippen LogP contribution in [0.2, 0.25) is 0 Å². The second-order valence-electron chi connectivity index (χ2n) is 5.24. The minimum Gasteiger partial charge on any atom is -0.320 e. The molecule has 0 amide bonds. The van der Waals surface area contributed by atoms with Crippen molar-refractivity contribution in [1.29, 1.82) is 0 Å². The van der Waals surface area contributed by atoms with Crippen molar-refractivity contribution in [3.8, 4) is 11.1 Å². The van der Waals surface area contributed by atoms with E-state index in [-0.39, 0.29) is 0 Å². The Morgan fingerprint density at radius 3 is 2.77 bits per heavy atom. The summed E-state index contributed by atoms with van der Waals surface area (Å²) in [7, 11) is 1.97. The number of nitroso groups, excluding NO2 is 1. The van der Waals surface area contributed by atoms with E-state index >= 15 is 0 Å². The van der Waals surface area contributed by atoms with Crippen molar-refractivity contribution in [2.45, 2.75) is 12.8 Å². The first-order chi connectivity index (χ1) is 10.8. The molecule has 0 aliphatic heterocycles. The van der Waals surface area contributed by atoms with Crippen LogP contribution in [0.4, 0.5) is 5.69 Å². The molecule has 0 unspecified atom stereocenters. The summed E-state index contributed by atoms with van der Waals surface area (Å²) in [5, 5.41) is 10.6. The van der Waals surface area contributed by atoms with Gasteiger partial charge in [0.05, 0.1) is 0 Å². The molecular formula is C18H18N2OS. The largest absolute Gasteiger partial charge is 0.320 e. The molecule has 0 bridgehead atoms. The fraction of sp³-hybridized carbons (Fsp3) is 0.222. The lowest BCUT2D eigenvalue weighted by molar-refractivity contribution is 0.730. The molecule has 0 saturated heterocycles. The molecule has 0 atom stereocenters. The molecule has 1 N–H and O–H groups in total. The first-order valence-corrected chi connectivity index (χ1v) is 8.29. The fourth-order valence-corrected chi connectivity index (χ4v) is 3.71. The Balaban J connectivity index is 2.07. The molecule has 0 spiro atoms. The zero-order valence-corrected chi connectivity index (χ0v) is 13.3. The van der Waals surface area contributed by atoms with Crippen molar-refractivity contribution in [1.82, 2.24) is 5.32 Å². The van der Waals surface area contributed by atoms with Crippen LogP contribution in [0.15, 0.2) is 53.0 Å². The number of thiophene rings is 1. The minimum atomic E-state index is 0.548. The maximum absolute atomic E-state index is 11.5. The van der Waals surface area contributed by atoms with Gasteiger partial charge in [0.2, 0.25) is 0 Å². The molecule has 0 saturated carbocycles. The molecule has 3 rings (SSSR count). The first-order valence-electron chi connectivity index (χ1n) is 7.41. The Hall–Kier alpha value is -2.04. The molecule has 1 aromatic heterocycles. The van der Waals surface area contributed by atoms with Gasteiger partial charge in [-0.2, -0.15) is 0 Å². The standard InChI is InChI=1S/C18H18N2OS/c1-19-11-4-7-17-15(10-12-22-17)16-9-8-13-5-2-3-6-14(13)18(16)20-21/h2-3,5-6,8-10,12,19H,4,7,11H2,1H3. The Kier molecular flexibility index (Phi) is 4.61. The summed E-state index contributed by atoms with van der Waals surface area (Å²) < 4.78 is 0. The molecule has 4 heteroatoms. The van der Waals surface area contributed by atoms with Crippen LogP contribution in [0.25, 0.3) is 21.9 Å². The number of hydrogen-bond acceptors (Lipinski definition) is 4. The van der Waals surface area contributed by atoms with Crippen molar-refractivity contribution in [3.63, 3.8) is 0 Å². The second-order valence-corrected chi connectivity index (χ2v) is 6.24. The SMILES string of the molecule is CNCCCc1sccc1-c1ccc2ccccc2c1N=O. The quantitative estimate of drug-likeness (QED) is 0.507. The third-order valence-corrected chi connectivity index (χ3v) is 4.84. The lowest BCUT2D eigenvalue weighted by Crippen LogP contribution is -2.08. The van der Waals surface area contributed by atoms with Crippen LogP contribution in [-0.2, 0) is 6.42 Å². The van der Waals surface area contributed by atoms with Gasteiger partial charge in [-0.1, -0.05) is 36.4 Å². The summed E-state index contributed by atoms with van der Waals surface area (Å²) in [6, 6.07) is 14.1. The first kappa shape index (κ1) is 14.9. The van der Waals surface area contributed by atoms with Crippen LogP contribution in [0.3, 0.4) is 0 Å². The third-order valence-electron chi connectivity index (χ3n) is 3.86. The Bertz CT molecular complexity index is 795. The summed E-state index contributed by atoms with van der Waals surface area (Å²) in [4.78, 5) is 12.8. The topological polar surface area (TPSA) is 41.5 Å². The van der Waals surface area contributed by atoms with E-state index in [9.17, 15) is 4.91 Å². The van der Waals surface area contributed by atoms with E-state index in [1.165, 1.54) is 4.88 Å². The normalized spacial score (nSPS) is 11.0. The average molecular weight is 310 g/mol. The predicted octanol–water partition coefficient (Wildman–Crippen LogP) is 5.12. The third kappa shape index (κ3) is 2.80. The molecule has 0 aliphatic carbocycles. The molecule has 0 aliphatic rings. The van der Waals surface area contributed by atoms with Gasteiger partial charge in [-0.05, 0) is 54.0 Å². The minimum absolute atomic E-state index is 0.548. The molecule has 2 aromatic carbocycles. The van der Waals surface area contributed by atoms with E-state index in [0.29, 0.717) is 5.69 Å². The van der Waals surface area contributed by atoms with Crippen molar-refractivity contribution >= 4 is 27.8 Å². The average Bonchev–Trinajstić information content (AvgIpc) is 3.02. The summed E-state index contributed by atoms with van der Waals surface area (Å²) in [6.07, 6.45) is 2.10. The summed E-state index contributed by atoms with van der Waals surface area (Å²) in [5.41, 5.74) is 2.63. The number of benzene rings is 2. The summed E-state index contributed by atoms with van der Waals surface area (Å²) in [6.45, 7) is 0.994. The highest BCUT2D eigenvalue weighted by Gasteiger charge is 2.14. The van der Waals surface area contributed by atoms with Crippen LogP contribution in [0.5, 0.6) is 0 Å². The number of hydrogen-bond donors (Lipinski definition) is 1. The summed E-state index contributed by atoms with van der Waals surface area (Å²) >= 11 is 1.75. The predicted molar refractivity (Wildman–Crippen MR) is 95.0 cm³/mol. The Morgan fingerprint density at radius 2 is 1.95 bits per heavy atom. The molecule has 3 nitrogen and oxygen atoms in total. The zero-order valence-electron chi connectivity index (χ0n) is 12.5. The molecule has 0 fully saturated rings. The number of nitrogens with zero attached hydrogens (tertiary/aromatic N) is 1. The van der Waals surface area contributed by atoms with E-state index in [4.69, 9.17) is 0 Å². The monoisotopic (exact) mass is 310 g/mol. The van der Waals surface area contributed by atoms with Gasteiger partial charge in [0.25, 0.3) is 0 Å². The number of nitrogens with one attached hydrogen (secondary N) is 1. The van der Waals surface area contributed by atoms with Crippen LogP contribution in [0, 0.1) is 4.91 Å². The summed E-state index contributed by atoms with van der Waals surface area (Å²) in [5.74, 6) is 0. The van der Waals surface area contributed by atoms with Crippen LogP contribution in [0.1, 0.15) is 11.3 Å². The van der Waals surface area contributed by atoms with Crippen LogP contribution in [-0.4, -0.2) is 13.6 Å². The van der Waals surface area contributed by atoms with Gasteiger partial charge in [-0.3, -0.25) is 0 Å². The van der Waals surface area contributed by atoms with E-state index in [2.05, 4.69) is 28.0 Å². The highest BCUT2D eigenvalue weighted by Crippen LogP contribution is 2.40. The Labute approximate surface area is 134 Å². The van der Waals surface area contributed by atoms with Crippen molar-refractivity contribution in [2.75, 3.05) is 13.6 Å². The van der Waals surface area contributed by atoms with Crippen LogP contribution >= 0.6 is 11.3 Å². The molecule has 22 heavy (non-hydrogen) atoms. The van der Waals surface area contributed by atoms with E-state index in [1.807, 2.05) is 37.4 Å². The van der Waals surface area contributed by atoms with E-state index in [1.54, 1.807) is 11.3 Å². The molecular weight excluding hydrogens is 292 g/mol. The van der Waals surface area contributed by atoms with Gasteiger partial charge >= 0.3 is 0 Å². The van der Waals surface area contributed by atoms with E-state index in [0.717, 1.165) is 41.3 Å². The van der Waals surface area contributed by atoms with Crippen molar-refractivity contribution in [2.24, 2.45) is 5.18 Å². The van der Waals surface area contributed by atoms with Crippen molar-refractivity contribution in [3.05, 3.63) is 57.6 Å². The highest BCUT2D eigenvalue weighted by molar-refractivity contribution is 7.10. The number of fused-ring (bicyclic) bond motifs is 1. The maximum Gasteiger partial charge on any atom is 0.123 e. The van der Waals surface area contributed by atoms with E-state index < -0.39 is 0 Å². The molecule has 1 heterocycles. The van der Waals surface area contributed by atoms with Gasteiger partial charge in [0.15, 0.2) is 0 Å². The molecule has 0 radical (unpaired) electrons. The molecule has 3 aromatic rings. The van der Waals surface area contributed by atoms with Gasteiger partial charge in [0, 0.05) is 15.8 Å². The zero-order chi connectivity index (χ0) is 15.4. The van der Waals surface area contributed by atoms with Crippen LogP contribution < -0.4 is 5.32 Å². The van der Waals surface area contributed by atoms with Gasteiger partial charge in [-0.25, -0.2) is 0 Å². The smallest absolute Gasteiger partial charge is 0.123 e. The molecule has 112 valence electrons. The second kappa shape index (κ2) is 6.81. The van der Waals surface area contributed by atoms with Gasteiger partial charge in [0.1, 0.15) is 5.69 Å². The van der Waals surface area contributed by atoms with Gasteiger partial charge < -0.3 is 5.32 Å².